The van der Waals surface area contributed by atoms with E-state index in [2.05, 4.69) is 32.8 Å². The summed E-state index contributed by atoms with van der Waals surface area (Å²) in [6.07, 6.45) is 4.36. The molecule has 106 valence electrons. The van der Waals surface area contributed by atoms with E-state index in [1.165, 1.54) is 0 Å². The molecule has 0 bridgehead atoms. The average Bonchev–Trinajstić information content (AvgIpc) is 2.59. The van der Waals surface area contributed by atoms with Crippen LogP contribution >= 0.6 is 15.9 Å². The first-order valence-electron chi connectivity index (χ1n) is 6.71. The monoisotopic (exact) mass is 335 g/mol. The molecule has 0 atom stereocenters. The van der Waals surface area contributed by atoms with Crippen LogP contribution < -0.4 is 5.46 Å². The first-order valence-corrected chi connectivity index (χ1v) is 7.83. The predicted molar refractivity (Wildman–Crippen MR) is 85.2 cm³/mol. The minimum atomic E-state index is -0.384. The Labute approximate surface area is 129 Å². The zero-order valence-electron chi connectivity index (χ0n) is 12.4. The van der Waals surface area contributed by atoms with Crippen molar-refractivity contribution in [1.82, 2.24) is 4.98 Å². The van der Waals surface area contributed by atoms with Crippen LogP contribution in [-0.4, -0.2) is 28.6 Å². The third-order valence-electron chi connectivity index (χ3n) is 3.74. The van der Waals surface area contributed by atoms with Crippen LogP contribution in [0, 0.1) is 11.8 Å². The highest BCUT2D eigenvalue weighted by Crippen LogP contribution is 2.36. The number of halogens is 1. The van der Waals surface area contributed by atoms with Crippen LogP contribution in [-0.2, 0) is 9.31 Å². The van der Waals surface area contributed by atoms with Gasteiger partial charge in [0, 0.05) is 35.2 Å². The Morgan fingerprint density at radius 3 is 2.45 bits per heavy atom. The Morgan fingerprint density at radius 1 is 1.20 bits per heavy atom. The summed E-state index contributed by atoms with van der Waals surface area (Å²) >= 11 is 3.36. The van der Waals surface area contributed by atoms with Gasteiger partial charge >= 0.3 is 7.12 Å². The molecule has 1 fully saturated rings. The van der Waals surface area contributed by atoms with Gasteiger partial charge in [0.2, 0.25) is 0 Å². The third kappa shape index (κ3) is 3.25. The number of nitrogens with zero attached hydrogens (tertiary/aromatic N) is 1. The van der Waals surface area contributed by atoms with Crippen LogP contribution in [0.5, 0.6) is 0 Å². The van der Waals surface area contributed by atoms with Crippen molar-refractivity contribution in [3.8, 4) is 11.8 Å². The molecule has 20 heavy (non-hydrogen) atoms. The number of rotatable bonds is 2. The molecule has 1 aliphatic heterocycles. The van der Waals surface area contributed by atoms with Gasteiger partial charge in [-0.15, -0.1) is 0 Å². The summed E-state index contributed by atoms with van der Waals surface area (Å²) in [6.45, 7) is 8.17. The van der Waals surface area contributed by atoms with Crippen LogP contribution in [0.15, 0.2) is 18.5 Å². The number of alkyl halides is 1. The Morgan fingerprint density at radius 2 is 1.85 bits per heavy atom. The van der Waals surface area contributed by atoms with Gasteiger partial charge in [-0.2, -0.15) is 0 Å². The van der Waals surface area contributed by atoms with E-state index in [9.17, 15) is 0 Å². The van der Waals surface area contributed by atoms with E-state index in [4.69, 9.17) is 9.31 Å². The van der Waals surface area contributed by atoms with Gasteiger partial charge in [-0.1, -0.05) is 27.8 Å². The van der Waals surface area contributed by atoms with Gasteiger partial charge < -0.3 is 9.31 Å². The molecule has 0 N–H and O–H groups in total. The van der Waals surface area contributed by atoms with Crippen molar-refractivity contribution in [2.75, 3.05) is 5.33 Å². The fourth-order valence-electron chi connectivity index (χ4n) is 1.85. The van der Waals surface area contributed by atoms with Crippen molar-refractivity contribution in [2.24, 2.45) is 0 Å². The summed E-state index contributed by atoms with van der Waals surface area (Å²) < 4.78 is 12.0. The number of hydrogen-bond donors (Lipinski definition) is 0. The van der Waals surface area contributed by atoms with E-state index in [-0.39, 0.29) is 18.3 Å². The fraction of sp³-hybridized carbons (Fsp3) is 0.533. The molecule has 0 spiro atoms. The maximum absolute atomic E-state index is 6.01. The molecule has 3 nitrogen and oxygen atoms in total. The molecule has 1 saturated heterocycles. The van der Waals surface area contributed by atoms with E-state index < -0.39 is 0 Å². The molecule has 1 aromatic rings. The van der Waals surface area contributed by atoms with Gasteiger partial charge in [0.15, 0.2) is 0 Å². The van der Waals surface area contributed by atoms with E-state index in [0.717, 1.165) is 22.8 Å². The molecule has 0 amide bonds. The lowest BCUT2D eigenvalue weighted by Gasteiger charge is -2.32. The van der Waals surface area contributed by atoms with E-state index in [1.807, 2.05) is 33.8 Å². The molecule has 0 aromatic carbocycles. The van der Waals surface area contributed by atoms with Gasteiger partial charge in [0.25, 0.3) is 0 Å². The highest BCUT2D eigenvalue weighted by atomic mass is 79.9. The Balaban J connectivity index is 2.19. The number of pyridine rings is 1. The lowest BCUT2D eigenvalue weighted by atomic mass is 9.80. The van der Waals surface area contributed by atoms with E-state index in [0.29, 0.717) is 0 Å². The quantitative estimate of drug-likeness (QED) is 0.473. The van der Waals surface area contributed by atoms with Gasteiger partial charge in [-0.25, -0.2) is 0 Å². The highest BCUT2D eigenvalue weighted by molar-refractivity contribution is 9.09. The lowest BCUT2D eigenvalue weighted by Crippen LogP contribution is -2.41. The molecule has 2 rings (SSSR count). The second-order valence-corrected chi connectivity index (χ2v) is 6.63. The fourth-order valence-corrected chi connectivity index (χ4v) is 2.04. The van der Waals surface area contributed by atoms with Gasteiger partial charge in [-0.05, 0) is 33.8 Å². The molecule has 0 aliphatic carbocycles. The smallest absolute Gasteiger partial charge is 0.399 e. The Bertz CT molecular complexity index is 532. The Hall–Kier alpha value is -0.825. The second kappa shape index (κ2) is 5.89. The van der Waals surface area contributed by atoms with Crippen molar-refractivity contribution in [2.45, 2.75) is 45.3 Å². The van der Waals surface area contributed by atoms with Crippen molar-refractivity contribution >= 4 is 28.5 Å². The third-order valence-corrected chi connectivity index (χ3v) is 4.13. The first kappa shape index (κ1) is 15.6. The van der Waals surface area contributed by atoms with Gasteiger partial charge in [0.1, 0.15) is 0 Å². The lowest BCUT2D eigenvalue weighted by molar-refractivity contribution is 0.00578. The summed E-state index contributed by atoms with van der Waals surface area (Å²) in [7, 11) is -0.384. The van der Waals surface area contributed by atoms with Crippen molar-refractivity contribution in [3.63, 3.8) is 0 Å². The van der Waals surface area contributed by atoms with Crippen LogP contribution in [0.25, 0.3) is 0 Å². The summed E-state index contributed by atoms with van der Waals surface area (Å²) in [6, 6.07) is 1.98. The van der Waals surface area contributed by atoms with Gasteiger partial charge in [0.05, 0.1) is 11.2 Å². The molecular weight excluding hydrogens is 317 g/mol. The van der Waals surface area contributed by atoms with Crippen molar-refractivity contribution < 1.29 is 9.31 Å². The summed E-state index contributed by atoms with van der Waals surface area (Å²) in [5.74, 6) is 6.18. The summed E-state index contributed by atoms with van der Waals surface area (Å²) in [4.78, 5) is 4.23. The minimum Gasteiger partial charge on any atom is -0.399 e. The molecule has 0 radical (unpaired) electrons. The molecule has 1 aromatic heterocycles. The molecule has 1 aliphatic rings. The molecular formula is C15H19BBrNO2. The van der Waals surface area contributed by atoms with Crippen LogP contribution in [0.3, 0.4) is 0 Å². The molecule has 0 unspecified atom stereocenters. The van der Waals surface area contributed by atoms with Crippen LogP contribution in [0.1, 0.15) is 39.7 Å². The molecule has 2 heterocycles. The summed E-state index contributed by atoms with van der Waals surface area (Å²) in [5, 5.41) is 0.879. The van der Waals surface area contributed by atoms with E-state index >= 15 is 0 Å². The maximum atomic E-state index is 6.01. The standard InChI is InChI=1S/C15H19BBrNO2/c1-14(2)15(3,4)20-16(19-14)13-9-12(10-18-11-13)7-5-6-8-17/h9-11H,6,8H2,1-4H3. The zero-order chi connectivity index (χ0) is 14.8. The first-order chi connectivity index (χ1) is 9.36. The largest absolute Gasteiger partial charge is 0.496 e. The number of hydrogen-bond acceptors (Lipinski definition) is 3. The predicted octanol–water partition coefficient (Wildman–Crippen LogP) is 2.52. The maximum Gasteiger partial charge on any atom is 0.496 e. The van der Waals surface area contributed by atoms with E-state index in [1.54, 1.807) is 12.4 Å². The number of aromatic nitrogens is 1. The normalized spacial score (nSPS) is 19.6. The zero-order valence-corrected chi connectivity index (χ0v) is 14.0. The van der Waals surface area contributed by atoms with Crippen molar-refractivity contribution in [1.29, 1.82) is 0 Å². The molecule has 0 saturated carbocycles. The Kier molecular flexibility index (Phi) is 4.58. The second-order valence-electron chi connectivity index (χ2n) is 5.84. The van der Waals surface area contributed by atoms with Crippen LogP contribution in [0.2, 0.25) is 0 Å². The summed E-state index contributed by atoms with van der Waals surface area (Å²) in [5.41, 5.74) is 1.12. The SMILES string of the molecule is CC1(C)OB(c2cncc(C#CCCBr)c2)OC1(C)C. The van der Waals surface area contributed by atoms with Crippen LogP contribution in [0.4, 0.5) is 0 Å². The molecule has 5 heteroatoms. The van der Waals surface area contributed by atoms with Crippen molar-refractivity contribution in [3.05, 3.63) is 24.0 Å². The minimum absolute atomic E-state index is 0.338. The highest BCUT2D eigenvalue weighted by Gasteiger charge is 2.51. The van der Waals surface area contributed by atoms with Gasteiger partial charge in [-0.3, -0.25) is 4.98 Å². The topological polar surface area (TPSA) is 31.4 Å². The average molecular weight is 336 g/mol.